The molecule has 2 fully saturated rings. The van der Waals surface area contributed by atoms with Crippen molar-refractivity contribution in [3.05, 3.63) is 22.4 Å². The number of aliphatic hydroxyl groups excluding tert-OH is 1. The SMILES string of the molecule is CCNC(=O)N[C@H]1CC[C@]2(C)CC[C@@H]([C@H](C)C(=O)NCc3cccs3)[C@H](O)[C@H]2[C@@H]1C. The summed E-state index contributed by atoms with van der Waals surface area (Å²) >= 11 is 1.63. The number of carbonyl (C=O) groups is 2. The summed E-state index contributed by atoms with van der Waals surface area (Å²) in [5, 5.41) is 22.4. The van der Waals surface area contributed by atoms with Gasteiger partial charge in [0.2, 0.25) is 5.91 Å². The van der Waals surface area contributed by atoms with E-state index in [4.69, 9.17) is 0 Å². The van der Waals surface area contributed by atoms with E-state index in [2.05, 4.69) is 29.8 Å². The minimum absolute atomic E-state index is 0.0107. The number of fused-ring (bicyclic) bond motifs is 1. The van der Waals surface area contributed by atoms with Gasteiger partial charge in [0.15, 0.2) is 0 Å². The molecule has 2 saturated carbocycles. The molecular formula is C23H37N3O3S. The molecule has 0 unspecified atom stereocenters. The number of hydrogen-bond acceptors (Lipinski definition) is 4. The van der Waals surface area contributed by atoms with Crippen molar-refractivity contribution in [2.24, 2.45) is 29.1 Å². The fourth-order valence-electron chi connectivity index (χ4n) is 5.82. The first kappa shape index (κ1) is 23.1. The van der Waals surface area contributed by atoms with Gasteiger partial charge in [-0.1, -0.05) is 26.8 Å². The predicted molar refractivity (Wildman–Crippen MR) is 120 cm³/mol. The number of thiophene rings is 1. The van der Waals surface area contributed by atoms with Gasteiger partial charge in [0.25, 0.3) is 0 Å². The molecule has 1 aromatic heterocycles. The fraction of sp³-hybridized carbons (Fsp3) is 0.739. The molecule has 1 aromatic rings. The molecule has 3 amide bonds. The molecular weight excluding hydrogens is 398 g/mol. The molecule has 0 aromatic carbocycles. The minimum atomic E-state index is -0.542. The van der Waals surface area contributed by atoms with Crippen molar-refractivity contribution in [2.75, 3.05) is 6.54 Å². The van der Waals surface area contributed by atoms with Gasteiger partial charge in [-0.05, 0) is 67.2 Å². The summed E-state index contributed by atoms with van der Waals surface area (Å²) in [4.78, 5) is 26.0. The molecule has 3 rings (SSSR count). The van der Waals surface area contributed by atoms with Crippen molar-refractivity contribution in [2.45, 2.75) is 72.1 Å². The average Bonchev–Trinajstić information content (AvgIpc) is 3.22. The van der Waals surface area contributed by atoms with E-state index in [0.717, 1.165) is 30.6 Å². The molecule has 6 nitrogen and oxygen atoms in total. The number of hydrogen-bond donors (Lipinski definition) is 4. The highest BCUT2D eigenvalue weighted by molar-refractivity contribution is 7.09. The van der Waals surface area contributed by atoms with Crippen molar-refractivity contribution in [1.82, 2.24) is 16.0 Å². The summed E-state index contributed by atoms with van der Waals surface area (Å²) in [6, 6.07) is 3.91. The second kappa shape index (κ2) is 9.69. The van der Waals surface area contributed by atoms with Gasteiger partial charge in [0, 0.05) is 23.4 Å². The van der Waals surface area contributed by atoms with E-state index >= 15 is 0 Å². The normalized spacial score (nSPS) is 34.5. The van der Waals surface area contributed by atoms with Gasteiger partial charge in [-0.2, -0.15) is 0 Å². The Balaban J connectivity index is 1.66. The zero-order chi connectivity index (χ0) is 21.9. The zero-order valence-corrected chi connectivity index (χ0v) is 19.4. The highest BCUT2D eigenvalue weighted by Gasteiger charge is 2.53. The van der Waals surface area contributed by atoms with Crippen LogP contribution in [0.5, 0.6) is 0 Å². The molecule has 7 heteroatoms. The van der Waals surface area contributed by atoms with Crippen LogP contribution in [0.15, 0.2) is 17.5 Å². The quantitative estimate of drug-likeness (QED) is 0.551. The maximum atomic E-state index is 12.8. The number of aliphatic hydroxyl groups is 1. The first-order valence-corrected chi connectivity index (χ1v) is 12.2. The van der Waals surface area contributed by atoms with Crippen LogP contribution in [0.2, 0.25) is 0 Å². The summed E-state index contributed by atoms with van der Waals surface area (Å²) in [5.74, 6) is -0.0583. The smallest absolute Gasteiger partial charge is 0.315 e. The first-order chi connectivity index (χ1) is 14.3. The summed E-state index contributed by atoms with van der Waals surface area (Å²) in [6.45, 7) is 9.40. The molecule has 4 N–H and O–H groups in total. The van der Waals surface area contributed by atoms with Crippen LogP contribution in [0.4, 0.5) is 4.79 Å². The number of carbonyl (C=O) groups excluding carboxylic acids is 2. The molecule has 30 heavy (non-hydrogen) atoms. The lowest BCUT2D eigenvalue weighted by Crippen LogP contribution is -2.59. The van der Waals surface area contributed by atoms with Crippen LogP contribution in [0.1, 0.15) is 58.3 Å². The largest absolute Gasteiger partial charge is 0.392 e. The van der Waals surface area contributed by atoms with Crippen LogP contribution in [-0.4, -0.2) is 35.7 Å². The summed E-state index contributed by atoms with van der Waals surface area (Å²) in [6.07, 6.45) is 3.25. The van der Waals surface area contributed by atoms with Gasteiger partial charge < -0.3 is 21.1 Å². The van der Waals surface area contributed by atoms with Crippen LogP contribution < -0.4 is 16.0 Å². The first-order valence-electron chi connectivity index (χ1n) is 11.3. The topological polar surface area (TPSA) is 90.5 Å². The Morgan fingerprint density at radius 1 is 1.30 bits per heavy atom. The molecule has 2 aliphatic carbocycles. The van der Waals surface area contributed by atoms with Crippen molar-refractivity contribution in [1.29, 1.82) is 0 Å². The molecule has 0 bridgehead atoms. The number of amides is 3. The minimum Gasteiger partial charge on any atom is -0.392 e. The zero-order valence-electron chi connectivity index (χ0n) is 18.6. The molecule has 0 aliphatic heterocycles. The van der Waals surface area contributed by atoms with Gasteiger partial charge in [-0.3, -0.25) is 4.79 Å². The predicted octanol–water partition coefficient (Wildman–Crippen LogP) is 3.51. The third-order valence-electron chi connectivity index (χ3n) is 7.61. The number of rotatable bonds is 6. The molecule has 0 saturated heterocycles. The van der Waals surface area contributed by atoms with Gasteiger partial charge in [0.05, 0.1) is 12.6 Å². The van der Waals surface area contributed by atoms with Crippen molar-refractivity contribution < 1.29 is 14.7 Å². The maximum Gasteiger partial charge on any atom is 0.315 e. The van der Waals surface area contributed by atoms with E-state index in [1.54, 1.807) is 11.3 Å². The monoisotopic (exact) mass is 435 g/mol. The number of urea groups is 1. The molecule has 168 valence electrons. The molecule has 1 heterocycles. The third kappa shape index (κ3) is 4.83. The van der Waals surface area contributed by atoms with Gasteiger partial charge in [0.1, 0.15) is 0 Å². The van der Waals surface area contributed by atoms with Crippen molar-refractivity contribution in [3.63, 3.8) is 0 Å². The standard InChI is InChI=1S/C23H37N3O3S/c1-5-24-22(29)26-18-9-11-23(4)10-8-17(20(27)19(23)15(18)3)14(2)21(28)25-13-16-7-6-12-30-16/h6-7,12,14-15,17-20,27H,5,8-11,13H2,1-4H3,(H,25,28)(H2,24,26,29)/t14-,15+,17-,18-,19+,20-,23-/m0/s1. The molecule has 0 radical (unpaired) electrons. The Morgan fingerprint density at radius 3 is 2.70 bits per heavy atom. The summed E-state index contributed by atoms with van der Waals surface area (Å²) in [7, 11) is 0. The highest BCUT2D eigenvalue weighted by atomic mass is 32.1. The van der Waals surface area contributed by atoms with Gasteiger partial charge in [-0.15, -0.1) is 11.3 Å². The van der Waals surface area contributed by atoms with Gasteiger partial charge >= 0.3 is 6.03 Å². The molecule has 2 aliphatic rings. The van der Waals surface area contributed by atoms with E-state index in [-0.39, 0.29) is 47.1 Å². The van der Waals surface area contributed by atoms with E-state index in [1.807, 2.05) is 31.4 Å². The lowest BCUT2D eigenvalue weighted by Gasteiger charge is -2.56. The summed E-state index contributed by atoms with van der Waals surface area (Å²) < 4.78 is 0. The Bertz CT molecular complexity index is 725. The Labute approximate surface area is 184 Å². The van der Waals surface area contributed by atoms with E-state index in [0.29, 0.717) is 13.1 Å². The van der Waals surface area contributed by atoms with Crippen LogP contribution >= 0.6 is 11.3 Å². The van der Waals surface area contributed by atoms with Crippen LogP contribution in [0, 0.1) is 29.1 Å². The lowest BCUT2D eigenvalue weighted by atomic mass is 9.52. The van der Waals surface area contributed by atoms with E-state index in [1.165, 1.54) is 0 Å². The van der Waals surface area contributed by atoms with Crippen molar-refractivity contribution in [3.8, 4) is 0 Å². The third-order valence-corrected chi connectivity index (χ3v) is 8.49. The second-order valence-electron chi connectivity index (χ2n) is 9.47. The second-order valence-corrected chi connectivity index (χ2v) is 10.5. The van der Waals surface area contributed by atoms with Crippen LogP contribution in [0.3, 0.4) is 0 Å². The number of nitrogens with one attached hydrogen (secondary N) is 3. The fourth-order valence-corrected chi connectivity index (χ4v) is 6.46. The Kier molecular flexibility index (Phi) is 7.45. The van der Waals surface area contributed by atoms with Crippen LogP contribution in [-0.2, 0) is 11.3 Å². The Hall–Kier alpha value is -1.60. The lowest BCUT2D eigenvalue weighted by molar-refractivity contribution is -0.142. The Morgan fingerprint density at radius 2 is 2.03 bits per heavy atom. The van der Waals surface area contributed by atoms with Crippen LogP contribution in [0.25, 0.3) is 0 Å². The van der Waals surface area contributed by atoms with E-state index in [9.17, 15) is 14.7 Å². The summed E-state index contributed by atoms with van der Waals surface area (Å²) in [5.41, 5.74) is 0.0575. The average molecular weight is 436 g/mol. The maximum absolute atomic E-state index is 12.8. The molecule has 7 atom stereocenters. The molecule has 0 spiro atoms. The van der Waals surface area contributed by atoms with E-state index < -0.39 is 6.10 Å². The van der Waals surface area contributed by atoms with Gasteiger partial charge in [-0.25, -0.2) is 4.79 Å². The highest BCUT2D eigenvalue weighted by Crippen LogP contribution is 2.55. The van der Waals surface area contributed by atoms with Crippen molar-refractivity contribution >= 4 is 23.3 Å².